The SMILES string of the molecule is CN=C(NCC(C)CN1CCOCC1)N1CC(C)OC(c2ccc(F)cc2)C1.I. The lowest BCUT2D eigenvalue weighted by Crippen LogP contribution is -2.51. The molecular formula is C21H34FIN4O2. The molecule has 2 fully saturated rings. The Morgan fingerprint density at radius 1 is 1.24 bits per heavy atom. The lowest BCUT2D eigenvalue weighted by atomic mass is 10.1. The second-order valence-electron chi connectivity index (χ2n) is 7.84. The first-order valence-electron chi connectivity index (χ1n) is 10.2. The highest BCUT2D eigenvalue weighted by Crippen LogP contribution is 2.25. The molecule has 1 aromatic carbocycles. The lowest BCUT2D eigenvalue weighted by molar-refractivity contribution is -0.0605. The van der Waals surface area contributed by atoms with Crippen LogP contribution in [0, 0.1) is 11.7 Å². The van der Waals surface area contributed by atoms with Crippen LogP contribution in [0.4, 0.5) is 4.39 Å². The molecule has 2 aliphatic heterocycles. The van der Waals surface area contributed by atoms with Crippen molar-refractivity contribution in [3.05, 3.63) is 35.6 Å². The molecule has 2 saturated heterocycles. The third-order valence-corrected chi connectivity index (χ3v) is 5.30. The monoisotopic (exact) mass is 520 g/mol. The molecule has 0 spiro atoms. The molecule has 0 amide bonds. The van der Waals surface area contributed by atoms with Gasteiger partial charge in [0.15, 0.2) is 5.96 Å². The first-order chi connectivity index (χ1) is 13.5. The van der Waals surface area contributed by atoms with E-state index in [4.69, 9.17) is 9.47 Å². The molecule has 29 heavy (non-hydrogen) atoms. The van der Waals surface area contributed by atoms with Gasteiger partial charge in [-0.15, -0.1) is 24.0 Å². The van der Waals surface area contributed by atoms with Crippen LogP contribution in [0.25, 0.3) is 0 Å². The highest BCUT2D eigenvalue weighted by Gasteiger charge is 2.28. The minimum Gasteiger partial charge on any atom is -0.379 e. The number of rotatable bonds is 5. The summed E-state index contributed by atoms with van der Waals surface area (Å²) in [7, 11) is 1.82. The summed E-state index contributed by atoms with van der Waals surface area (Å²) in [6, 6.07) is 6.58. The van der Waals surface area contributed by atoms with Crippen molar-refractivity contribution in [3.8, 4) is 0 Å². The number of nitrogens with zero attached hydrogens (tertiary/aromatic N) is 3. The van der Waals surface area contributed by atoms with Gasteiger partial charge in [0.1, 0.15) is 11.9 Å². The van der Waals surface area contributed by atoms with Crippen LogP contribution >= 0.6 is 24.0 Å². The summed E-state index contributed by atoms with van der Waals surface area (Å²) >= 11 is 0. The molecule has 164 valence electrons. The molecule has 8 heteroatoms. The normalized spacial score (nSPS) is 24.7. The van der Waals surface area contributed by atoms with E-state index in [1.807, 2.05) is 7.05 Å². The van der Waals surface area contributed by atoms with Gasteiger partial charge in [-0.25, -0.2) is 4.39 Å². The molecule has 1 N–H and O–H groups in total. The number of nitrogens with one attached hydrogen (secondary N) is 1. The van der Waals surface area contributed by atoms with E-state index in [2.05, 4.69) is 34.0 Å². The van der Waals surface area contributed by atoms with E-state index in [9.17, 15) is 4.39 Å². The van der Waals surface area contributed by atoms with Crippen LogP contribution in [0.3, 0.4) is 0 Å². The zero-order valence-corrected chi connectivity index (χ0v) is 20.0. The van der Waals surface area contributed by atoms with Gasteiger partial charge in [0.2, 0.25) is 0 Å². The van der Waals surface area contributed by atoms with Crippen LogP contribution in [0.1, 0.15) is 25.5 Å². The zero-order valence-electron chi connectivity index (χ0n) is 17.6. The topological polar surface area (TPSA) is 49.3 Å². The highest BCUT2D eigenvalue weighted by molar-refractivity contribution is 14.0. The number of aliphatic imine (C=N–C) groups is 1. The van der Waals surface area contributed by atoms with E-state index < -0.39 is 0 Å². The molecule has 0 saturated carbocycles. The molecular weight excluding hydrogens is 486 g/mol. The summed E-state index contributed by atoms with van der Waals surface area (Å²) in [5, 5.41) is 3.53. The van der Waals surface area contributed by atoms with Crippen molar-refractivity contribution in [2.75, 3.05) is 59.5 Å². The first kappa shape index (κ1) is 24.3. The van der Waals surface area contributed by atoms with Crippen LogP contribution in [0.15, 0.2) is 29.3 Å². The van der Waals surface area contributed by atoms with Crippen molar-refractivity contribution in [1.82, 2.24) is 15.1 Å². The Morgan fingerprint density at radius 2 is 1.93 bits per heavy atom. The van der Waals surface area contributed by atoms with Crippen molar-refractivity contribution < 1.29 is 13.9 Å². The van der Waals surface area contributed by atoms with Gasteiger partial charge in [0, 0.05) is 39.8 Å². The molecule has 0 radical (unpaired) electrons. The van der Waals surface area contributed by atoms with Crippen LogP contribution in [0.2, 0.25) is 0 Å². The van der Waals surface area contributed by atoms with Crippen molar-refractivity contribution in [1.29, 1.82) is 0 Å². The molecule has 0 aliphatic carbocycles. The number of ether oxygens (including phenoxy) is 2. The number of halogens is 2. The Bertz CT molecular complexity index is 640. The minimum atomic E-state index is -0.226. The summed E-state index contributed by atoms with van der Waals surface area (Å²) in [4.78, 5) is 9.19. The Balaban J connectivity index is 0.00000300. The molecule has 3 rings (SSSR count). The minimum absolute atomic E-state index is 0. The molecule has 2 aliphatic rings. The van der Waals surface area contributed by atoms with E-state index in [0.717, 1.165) is 57.5 Å². The predicted octanol–water partition coefficient (Wildman–Crippen LogP) is 2.75. The average molecular weight is 520 g/mol. The zero-order chi connectivity index (χ0) is 19.9. The highest BCUT2D eigenvalue weighted by atomic mass is 127. The van der Waals surface area contributed by atoms with Crippen molar-refractivity contribution in [2.45, 2.75) is 26.1 Å². The second-order valence-corrected chi connectivity index (χ2v) is 7.84. The Kier molecular flexibility index (Phi) is 10.1. The molecule has 0 aromatic heterocycles. The fraction of sp³-hybridized carbons (Fsp3) is 0.667. The van der Waals surface area contributed by atoms with E-state index in [1.165, 1.54) is 12.1 Å². The fourth-order valence-corrected chi connectivity index (χ4v) is 3.87. The van der Waals surface area contributed by atoms with E-state index in [0.29, 0.717) is 12.5 Å². The molecule has 6 nitrogen and oxygen atoms in total. The molecule has 3 atom stereocenters. The molecule has 1 aromatic rings. The fourth-order valence-electron chi connectivity index (χ4n) is 3.87. The molecule has 3 unspecified atom stereocenters. The standard InChI is InChI=1S/C21H33FN4O2.HI/c1-16(13-25-8-10-27-11-9-25)12-24-21(23-3)26-14-17(2)28-20(15-26)18-4-6-19(22)7-5-18;/h4-7,16-17,20H,8-15H2,1-3H3,(H,23,24);1H. The van der Waals surface area contributed by atoms with E-state index in [-0.39, 0.29) is 42.0 Å². The van der Waals surface area contributed by atoms with Gasteiger partial charge in [-0.1, -0.05) is 19.1 Å². The van der Waals surface area contributed by atoms with Crippen molar-refractivity contribution in [3.63, 3.8) is 0 Å². The van der Waals surface area contributed by atoms with Crippen LogP contribution in [-0.4, -0.2) is 81.4 Å². The predicted molar refractivity (Wildman–Crippen MR) is 124 cm³/mol. The Labute approximate surface area is 190 Å². The van der Waals surface area contributed by atoms with Crippen molar-refractivity contribution >= 4 is 29.9 Å². The first-order valence-corrected chi connectivity index (χ1v) is 10.2. The van der Waals surface area contributed by atoms with Gasteiger partial charge in [0.25, 0.3) is 0 Å². The summed E-state index contributed by atoms with van der Waals surface area (Å²) in [6.45, 7) is 11.4. The second kappa shape index (κ2) is 12.0. The largest absolute Gasteiger partial charge is 0.379 e. The summed E-state index contributed by atoms with van der Waals surface area (Å²) in [5.41, 5.74) is 0.995. The maximum absolute atomic E-state index is 13.2. The molecule has 2 heterocycles. The van der Waals surface area contributed by atoms with Crippen LogP contribution < -0.4 is 5.32 Å². The Morgan fingerprint density at radius 3 is 2.59 bits per heavy atom. The van der Waals surface area contributed by atoms with Gasteiger partial charge in [-0.3, -0.25) is 9.89 Å². The maximum Gasteiger partial charge on any atom is 0.193 e. The van der Waals surface area contributed by atoms with Crippen LogP contribution in [0.5, 0.6) is 0 Å². The third kappa shape index (κ3) is 7.34. The van der Waals surface area contributed by atoms with Gasteiger partial charge in [-0.2, -0.15) is 0 Å². The summed E-state index contributed by atoms with van der Waals surface area (Å²) < 4.78 is 24.8. The number of hydrogen-bond acceptors (Lipinski definition) is 4. The lowest BCUT2D eigenvalue weighted by Gasteiger charge is -2.39. The van der Waals surface area contributed by atoms with Gasteiger partial charge in [0.05, 0.1) is 25.9 Å². The number of hydrogen-bond donors (Lipinski definition) is 1. The smallest absolute Gasteiger partial charge is 0.193 e. The number of morpholine rings is 2. The number of guanidine groups is 1. The van der Waals surface area contributed by atoms with Gasteiger partial charge >= 0.3 is 0 Å². The van der Waals surface area contributed by atoms with E-state index >= 15 is 0 Å². The number of benzene rings is 1. The quantitative estimate of drug-likeness (QED) is 0.368. The average Bonchev–Trinajstić information content (AvgIpc) is 2.69. The summed E-state index contributed by atoms with van der Waals surface area (Å²) in [6.07, 6.45) is -0.0122. The van der Waals surface area contributed by atoms with Gasteiger partial charge < -0.3 is 19.7 Å². The van der Waals surface area contributed by atoms with Crippen LogP contribution in [-0.2, 0) is 9.47 Å². The van der Waals surface area contributed by atoms with E-state index in [1.54, 1.807) is 12.1 Å². The summed E-state index contributed by atoms with van der Waals surface area (Å²) in [5.74, 6) is 1.19. The maximum atomic E-state index is 13.2. The van der Waals surface area contributed by atoms with Gasteiger partial charge in [-0.05, 0) is 30.5 Å². The van der Waals surface area contributed by atoms with Crippen molar-refractivity contribution in [2.24, 2.45) is 10.9 Å². The third-order valence-electron chi connectivity index (χ3n) is 5.30. The Hall–Kier alpha value is -0.970. The molecule has 0 bridgehead atoms.